The van der Waals surface area contributed by atoms with Crippen molar-refractivity contribution in [3.63, 3.8) is 0 Å². The van der Waals surface area contributed by atoms with E-state index in [-0.39, 0.29) is 22.9 Å². The van der Waals surface area contributed by atoms with Crippen molar-refractivity contribution < 1.29 is 13.2 Å². The third-order valence-corrected chi connectivity index (χ3v) is 5.85. The SMILES string of the molecule is CC(C)OC1(CNS(=O)(=O)CC2(CC#N)CC2)CCC1. The van der Waals surface area contributed by atoms with Crippen molar-refractivity contribution in [3.8, 4) is 6.07 Å². The van der Waals surface area contributed by atoms with Crippen LogP contribution in [-0.2, 0) is 14.8 Å². The average molecular weight is 300 g/mol. The Labute approximate surface area is 121 Å². The lowest BCUT2D eigenvalue weighted by atomic mass is 9.80. The molecule has 0 aliphatic heterocycles. The number of hydrogen-bond acceptors (Lipinski definition) is 4. The van der Waals surface area contributed by atoms with Gasteiger partial charge in [0.2, 0.25) is 10.0 Å². The third kappa shape index (κ3) is 3.94. The van der Waals surface area contributed by atoms with Gasteiger partial charge in [-0.15, -0.1) is 0 Å². The van der Waals surface area contributed by atoms with Gasteiger partial charge in [0.15, 0.2) is 0 Å². The maximum Gasteiger partial charge on any atom is 0.212 e. The van der Waals surface area contributed by atoms with Crippen LogP contribution in [0.15, 0.2) is 0 Å². The van der Waals surface area contributed by atoms with Crippen molar-refractivity contribution in [1.82, 2.24) is 4.72 Å². The maximum absolute atomic E-state index is 12.2. The van der Waals surface area contributed by atoms with Gasteiger partial charge in [0.1, 0.15) is 0 Å². The van der Waals surface area contributed by atoms with Crippen molar-refractivity contribution in [3.05, 3.63) is 0 Å². The minimum Gasteiger partial charge on any atom is -0.371 e. The molecule has 2 saturated carbocycles. The predicted octanol–water partition coefficient (Wildman–Crippen LogP) is 1.95. The maximum atomic E-state index is 12.2. The number of sulfonamides is 1. The molecule has 1 N–H and O–H groups in total. The number of rotatable bonds is 8. The van der Waals surface area contributed by atoms with Gasteiger partial charge in [0, 0.05) is 13.0 Å². The summed E-state index contributed by atoms with van der Waals surface area (Å²) in [5, 5.41) is 8.76. The van der Waals surface area contributed by atoms with Crippen LogP contribution < -0.4 is 4.72 Å². The van der Waals surface area contributed by atoms with E-state index >= 15 is 0 Å². The summed E-state index contributed by atoms with van der Waals surface area (Å²) in [6.45, 7) is 4.30. The second kappa shape index (κ2) is 5.63. The van der Waals surface area contributed by atoms with E-state index in [1.807, 2.05) is 13.8 Å². The monoisotopic (exact) mass is 300 g/mol. The molecule has 2 rings (SSSR count). The summed E-state index contributed by atoms with van der Waals surface area (Å²) in [7, 11) is -3.33. The van der Waals surface area contributed by atoms with Gasteiger partial charge in [0.05, 0.1) is 23.5 Å². The highest BCUT2D eigenvalue weighted by molar-refractivity contribution is 7.89. The molecule has 0 aromatic heterocycles. The first-order valence-electron chi connectivity index (χ1n) is 7.33. The molecule has 6 heteroatoms. The Morgan fingerprint density at radius 3 is 2.35 bits per heavy atom. The van der Waals surface area contributed by atoms with Crippen LogP contribution in [0.3, 0.4) is 0 Å². The predicted molar refractivity (Wildman–Crippen MR) is 76.5 cm³/mol. The van der Waals surface area contributed by atoms with E-state index in [2.05, 4.69) is 10.8 Å². The summed E-state index contributed by atoms with van der Waals surface area (Å²) in [5.74, 6) is 0.0747. The lowest BCUT2D eigenvalue weighted by molar-refractivity contribution is -0.123. The van der Waals surface area contributed by atoms with Gasteiger partial charge < -0.3 is 4.74 Å². The second-order valence-corrected chi connectivity index (χ2v) is 8.43. The molecule has 0 heterocycles. The van der Waals surface area contributed by atoms with Crippen molar-refractivity contribution in [2.45, 2.75) is 64.1 Å². The Kier molecular flexibility index (Phi) is 4.43. The van der Waals surface area contributed by atoms with E-state index in [9.17, 15) is 8.42 Å². The summed E-state index contributed by atoms with van der Waals surface area (Å²) >= 11 is 0. The normalized spacial score (nSPS) is 23.1. The first-order chi connectivity index (χ1) is 9.31. The summed E-state index contributed by atoms with van der Waals surface area (Å²) in [5.41, 5.74) is -0.598. The van der Waals surface area contributed by atoms with Crippen LogP contribution in [-0.4, -0.2) is 32.4 Å². The van der Waals surface area contributed by atoms with Crippen LogP contribution in [0.5, 0.6) is 0 Å². The smallest absolute Gasteiger partial charge is 0.212 e. The number of nitrogens with zero attached hydrogens (tertiary/aromatic N) is 1. The van der Waals surface area contributed by atoms with Gasteiger partial charge in [-0.05, 0) is 51.4 Å². The zero-order chi connectivity index (χ0) is 14.9. The molecule has 0 amide bonds. The van der Waals surface area contributed by atoms with Gasteiger partial charge in [-0.3, -0.25) is 0 Å². The van der Waals surface area contributed by atoms with E-state index in [1.165, 1.54) is 0 Å². The van der Waals surface area contributed by atoms with Crippen molar-refractivity contribution in [2.24, 2.45) is 5.41 Å². The molecule has 114 valence electrons. The molecule has 0 saturated heterocycles. The van der Waals surface area contributed by atoms with Gasteiger partial charge in [-0.25, -0.2) is 13.1 Å². The summed E-state index contributed by atoms with van der Waals surface area (Å²) in [6.07, 6.45) is 5.04. The molecule has 0 radical (unpaired) electrons. The fourth-order valence-electron chi connectivity index (χ4n) is 2.82. The summed E-state index contributed by atoms with van der Waals surface area (Å²) in [4.78, 5) is 0. The minimum atomic E-state index is -3.33. The molecule has 2 aliphatic rings. The van der Waals surface area contributed by atoms with E-state index in [4.69, 9.17) is 10.00 Å². The molecule has 0 bridgehead atoms. The van der Waals surface area contributed by atoms with Crippen LogP contribution in [0.2, 0.25) is 0 Å². The van der Waals surface area contributed by atoms with Crippen LogP contribution in [0, 0.1) is 16.7 Å². The standard InChI is InChI=1S/C14H24N2O3S/c1-12(2)19-14(4-3-5-14)10-16-20(17,18)11-13(6-7-13)8-9-15/h12,16H,3-8,10-11H2,1-2H3. The molecular weight excluding hydrogens is 276 g/mol. The van der Waals surface area contributed by atoms with Crippen molar-refractivity contribution in [1.29, 1.82) is 5.26 Å². The first-order valence-corrected chi connectivity index (χ1v) is 8.98. The van der Waals surface area contributed by atoms with Crippen molar-refractivity contribution in [2.75, 3.05) is 12.3 Å². The number of ether oxygens (including phenoxy) is 1. The Bertz CT molecular complexity index is 485. The van der Waals surface area contributed by atoms with E-state index in [0.29, 0.717) is 13.0 Å². The molecule has 0 atom stereocenters. The Hall–Kier alpha value is -0.640. The van der Waals surface area contributed by atoms with Gasteiger partial charge >= 0.3 is 0 Å². The van der Waals surface area contributed by atoms with Crippen molar-refractivity contribution >= 4 is 10.0 Å². The summed E-state index contributed by atoms with van der Waals surface area (Å²) in [6, 6.07) is 2.10. The zero-order valence-electron chi connectivity index (χ0n) is 12.3. The lowest BCUT2D eigenvalue weighted by Crippen LogP contribution is -2.51. The highest BCUT2D eigenvalue weighted by Crippen LogP contribution is 2.49. The van der Waals surface area contributed by atoms with Crippen LogP contribution in [0.1, 0.15) is 52.4 Å². The summed E-state index contributed by atoms with van der Waals surface area (Å²) < 4.78 is 32.9. The van der Waals surface area contributed by atoms with Crippen LogP contribution >= 0.6 is 0 Å². The topological polar surface area (TPSA) is 79.2 Å². The number of nitrogens with one attached hydrogen (secondary N) is 1. The quantitative estimate of drug-likeness (QED) is 0.743. The average Bonchev–Trinajstić information content (AvgIpc) is 3.01. The van der Waals surface area contributed by atoms with Gasteiger partial charge in [-0.2, -0.15) is 5.26 Å². The molecule has 5 nitrogen and oxygen atoms in total. The zero-order valence-corrected chi connectivity index (χ0v) is 13.1. The van der Waals surface area contributed by atoms with E-state index in [0.717, 1.165) is 32.1 Å². The molecule has 2 aliphatic carbocycles. The second-order valence-electron chi connectivity index (χ2n) is 6.62. The number of hydrogen-bond donors (Lipinski definition) is 1. The fourth-order valence-corrected chi connectivity index (χ4v) is 4.60. The minimum absolute atomic E-state index is 0.0747. The Balaban J connectivity index is 1.88. The highest BCUT2D eigenvalue weighted by atomic mass is 32.2. The molecule has 20 heavy (non-hydrogen) atoms. The first kappa shape index (κ1) is 15.7. The highest BCUT2D eigenvalue weighted by Gasteiger charge is 2.47. The molecule has 0 aromatic rings. The van der Waals surface area contributed by atoms with Crippen LogP contribution in [0.4, 0.5) is 0 Å². The Morgan fingerprint density at radius 2 is 1.95 bits per heavy atom. The molecular formula is C14H24N2O3S. The lowest BCUT2D eigenvalue weighted by Gasteiger charge is -2.43. The van der Waals surface area contributed by atoms with E-state index in [1.54, 1.807) is 0 Å². The Morgan fingerprint density at radius 1 is 1.30 bits per heavy atom. The fraction of sp³-hybridized carbons (Fsp3) is 0.929. The largest absolute Gasteiger partial charge is 0.371 e. The molecule has 0 aromatic carbocycles. The molecule has 2 fully saturated rings. The van der Waals surface area contributed by atoms with Gasteiger partial charge in [0.25, 0.3) is 0 Å². The third-order valence-electron chi connectivity index (χ3n) is 4.27. The molecule has 0 unspecified atom stereocenters. The van der Waals surface area contributed by atoms with Crippen LogP contribution in [0.25, 0.3) is 0 Å². The van der Waals surface area contributed by atoms with Gasteiger partial charge in [-0.1, -0.05) is 0 Å². The molecule has 0 spiro atoms. The number of nitriles is 1. The van der Waals surface area contributed by atoms with E-state index < -0.39 is 10.0 Å².